The van der Waals surface area contributed by atoms with E-state index >= 15 is 0 Å². The Morgan fingerprint density at radius 2 is 1.65 bits per heavy atom. The molecule has 0 aromatic rings. The number of hydrogen-bond donors (Lipinski definition) is 1. The van der Waals surface area contributed by atoms with Crippen LogP contribution in [0.1, 0.15) is 44.9 Å². The van der Waals surface area contributed by atoms with Crippen molar-refractivity contribution in [1.29, 1.82) is 0 Å². The molecule has 2 rings (SSSR count). The van der Waals surface area contributed by atoms with E-state index in [-0.39, 0.29) is 0 Å². The Balaban J connectivity index is 1.72. The first-order chi connectivity index (χ1) is 9.65. The summed E-state index contributed by atoms with van der Waals surface area (Å²) in [5, 5.41) is 0. The zero-order valence-electron chi connectivity index (χ0n) is 12.4. The zero-order valence-corrected chi connectivity index (χ0v) is 13.2. The summed E-state index contributed by atoms with van der Waals surface area (Å²) in [5.41, 5.74) is 5.57. The van der Waals surface area contributed by atoms with Crippen LogP contribution in [0.15, 0.2) is 0 Å². The van der Waals surface area contributed by atoms with Gasteiger partial charge in [0.05, 0.1) is 4.99 Å². The van der Waals surface area contributed by atoms with Gasteiger partial charge in [-0.05, 0) is 18.8 Å². The van der Waals surface area contributed by atoms with Gasteiger partial charge < -0.3 is 10.6 Å². The van der Waals surface area contributed by atoms with E-state index in [0.717, 1.165) is 32.6 Å². The van der Waals surface area contributed by atoms with Gasteiger partial charge in [0.2, 0.25) is 5.91 Å². The monoisotopic (exact) mass is 297 g/mol. The first-order valence-electron chi connectivity index (χ1n) is 7.93. The molecule has 2 aliphatic rings. The molecule has 0 bridgehead atoms. The number of amides is 1. The molecule has 0 atom stereocenters. The fourth-order valence-corrected chi connectivity index (χ4v) is 3.50. The Morgan fingerprint density at radius 1 is 1.05 bits per heavy atom. The molecule has 4 nitrogen and oxygen atoms in total. The Bertz CT molecular complexity index is 332. The lowest BCUT2D eigenvalue weighted by atomic mass is 9.96. The first kappa shape index (κ1) is 15.7. The van der Waals surface area contributed by atoms with E-state index in [1.807, 2.05) is 4.90 Å². The lowest BCUT2D eigenvalue weighted by Gasteiger charge is -2.35. The molecule has 2 fully saturated rings. The van der Waals surface area contributed by atoms with Crippen LogP contribution in [0.3, 0.4) is 0 Å². The number of hydrogen-bond acceptors (Lipinski definition) is 3. The molecule has 1 heterocycles. The second kappa shape index (κ2) is 7.93. The molecular formula is C15H27N3OS. The highest BCUT2D eigenvalue weighted by atomic mass is 32.1. The van der Waals surface area contributed by atoms with Crippen LogP contribution < -0.4 is 5.73 Å². The van der Waals surface area contributed by atoms with Gasteiger partial charge in [-0.3, -0.25) is 9.69 Å². The minimum Gasteiger partial charge on any atom is -0.392 e. The van der Waals surface area contributed by atoms with E-state index in [4.69, 9.17) is 18.0 Å². The molecule has 1 amide bonds. The quantitative estimate of drug-likeness (QED) is 0.635. The Kier molecular flexibility index (Phi) is 6.23. The summed E-state index contributed by atoms with van der Waals surface area (Å²) >= 11 is 4.93. The van der Waals surface area contributed by atoms with Crippen molar-refractivity contribution in [2.75, 3.05) is 32.7 Å². The van der Waals surface area contributed by atoms with Gasteiger partial charge >= 0.3 is 0 Å². The smallest absolute Gasteiger partial charge is 0.222 e. The highest BCUT2D eigenvalue weighted by Gasteiger charge is 2.24. The van der Waals surface area contributed by atoms with Crippen molar-refractivity contribution >= 4 is 23.1 Å². The van der Waals surface area contributed by atoms with Crippen LogP contribution in [-0.4, -0.2) is 53.4 Å². The normalized spacial score (nSPS) is 22.5. The average molecular weight is 297 g/mol. The number of rotatable bonds is 4. The summed E-state index contributed by atoms with van der Waals surface area (Å²) in [4.78, 5) is 17.2. The number of nitrogens with zero attached hydrogens (tertiary/aromatic N) is 2. The van der Waals surface area contributed by atoms with Crippen molar-refractivity contribution in [3.8, 4) is 0 Å². The van der Waals surface area contributed by atoms with Crippen molar-refractivity contribution in [1.82, 2.24) is 9.80 Å². The maximum Gasteiger partial charge on any atom is 0.222 e. The van der Waals surface area contributed by atoms with Crippen molar-refractivity contribution in [3.63, 3.8) is 0 Å². The fourth-order valence-electron chi connectivity index (χ4n) is 3.32. The predicted octanol–water partition coefficient (Wildman–Crippen LogP) is 1.78. The van der Waals surface area contributed by atoms with Gasteiger partial charge in [-0.2, -0.15) is 0 Å². The van der Waals surface area contributed by atoms with Crippen LogP contribution in [0.5, 0.6) is 0 Å². The molecule has 0 spiro atoms. The van der Waals surface area contributed by atoms with E-state index in [2.05, 4.69) is 4.90 Å². The van der Waals surface area contributed by atoms with Gasteiger partial charge in [-0.1, -0.05) is 37.9 Å². The van der Waals surface area contributed by atoms with Crippen molar-refractivity contribution < 1.29 is 4.79 Å². The summed E-state index contributed by atoms with van der Waals surface area (Å²) in [6.07, 6.45) is 8.56. The van der Waals surface area contributed by atoms with Crippen LogP contribution in [0.25, 0.3) is 0 Å². The van der Waals surface area contributed by atoms with Crippen molar-refractivity contribution in [2.24, 2.45) is 11.7 Å². The van der Waals surface area contributed by atoms with Gasteiger partial charge in [0, 0.05) is 39.1 Å². The van der Waals surface area contributed by atoms with Crippen LogP contribution in [0.2, 0.25) is 0 Å². The van der Waals surface area contributed by atoms with Gasteiger partial charge in [0.1, 0.15) is 0 Å². The average Bonchev–Trinajstić information content (AvgIpc) is 2.67. The van der Waals surface area contributed by atoms with E-state index in [0.29, 0.717) is 23.4 Å². The highest BCUT2D eigenvalue weighted by molar-refractivity contribution is 7.80. The Morgan fingerprint density at radius 3 is 2.20 bits per heavy atom. The molecule has 114 valence electrons. The molecule has 1 saturated carbocycles. The fraction of sp³-hybridized carbons (Fsp3) is 0.867. The summed E-state index contributed by atoms with van der Waals surface area (Å²) in [6, 6.07) is 0. The van der Waals surface area contributed by atoms with Gasteiger partial charge in [-0.15, -0.1) is 0 Å². The molecule has 0 radical (unpaired) electrons. The lowest BCUT2D eigenvalue weighted by Crippen LogP contribution is -2.50. The molecule has 5 heteroatoms. The highest BCUT2D eigenvalue weighted by Crippen LogP contribution is 2.26. The molecule has 0 unspecified atom stereocenters. The van der Waals surface area contributed by atoms with Crippen molar-refractivity contribution in [3.05, 3.63) is 0 Å². The van der Waals surface area contributed by atoms with Crippen LogP contribution in [0, 0.1) is 5.92 Å². The minimum absolute atomic E-state index is 0.354. The SMILES string of the molecule is NC(=S)CN1CCN(C(=O)CC2CCCCCC2)CC1. The third kappa shape index (κ3) is 5.02. The third-order valence-electron chi connectivity index (χ3n) is 4.54. The van der Waals surface area contributed by atoms with Crippen molar-refractivity contribution in [2.45, 2.75) is 44.9 Å². The first-order valence-corrected chi connectivity index (χ1v) is 8.34. The Hall–Kier alpha value is -0.680. The second-order valence-electron chi connectivity index (χ2n) is 6.18. The van der Waals surface area contributed by atoms with E-state index in [1.54, 1.807) is 0 Å². The van der Waals surface area contributed by atoms with Gasteiger partial charge in [-0.25, -0.2) is 0 Å². The summed E-state index contributed by atoms with van der Waals surface area (Å²) in [6.45, 7) is 4.13. The van der Waals surface area contributed by atoms with Crippen LogP contribution in [-0.2, 0) is 4.79 Å². The summed E-state index contributed by atoms with van der Waals surface area (Å²) in [5.74, 6) is 0.978. The molecule has 20 heavy (non-hydrogen) atoms. The number of piperazine rings is 1. The third-order valence-corrected chi connectivity index (χ3v) is 4.67. The molecule has 1 aliphatic heterocycles. The largest absolute Gasteiger partial charge is 0.392 e. The molecule has 1 saturated heterocycles. The molecule has 1 aliphatic carbocycles. The molecule has 2 N–H and O–H groups in total. The summed E-state index contributed by atoms with van der Waals surface area (Å²) in [7, 11) is 0. The number of thiocarbonyl (C=S) groups is 1. The van der Waals surface area contributed by atoms with Crippen LogP contribution in [0.4, 0.5) is 0 Å². The zero-order chi connectivity index (χ0) is 14.4. The maximum absolute atomic E-state index is 12.4. The minimum atomic E-state index is 0.354. The van der Waals surface area contributed by atoms with E-state index < -0.39 is 0 Å². The Labute approximate surface area is 127 Å². The van der Waals surface area contributed by atoms with Crippen LogP contribution >= 0.6 is 12.2 Å². The summed E-state index contributed by atoms with van der Waals surface area (Å²) < 4.78 is 0. The van der Waals surface area contributed by atoms with Gasteiger partial charge in [0.15, 0.2) is 0 Å². The van der Waals surface area contributed by atoms with E-state index in [9.17, 15) is 4.79 Å². The van der Waals surface area contributed by atoms with E-state index in [1.165, 1.54) is 38.5 Å². The predicted molar refractivity (Wildman–Crippen MR) is 85.6 cm³/mol. The molecular weight excluding hydrogens is 270 g/mol. The van der Waals surface area contributed by atoms with Gasteiger partial charge in [0.25, 0.3) is 0 Å². The number of carbonyl (C=O) groups excluding carboxylic acids is 1. The maximum atomic E-state index is 12.4. The lowest BCUT2D eigenvalue weighted by molar-refractivity contribution is -0.133. The topological polar surface area (TPSA) is 49.6 Å². The number of nitrogens with two attached hydrogens (primary N) is 1. The molecule has 0 aromatic carbocycles. The standard InChI is InChI=1S/C15H27N3OS/c16-14(20)12-17-7-9-18(10-8-17)15(19)11-13-5-3-1-2-4-6-13/h13H,1-12H2,(H2,16,20). The number of carbonyl (C=O) groups is 1. The molecule has 0 aromatic heterocycles. The second-order valence-corrected chi connectivity index (χ2v) is 6.71.